The molecule has 11 heavy (non-hydrogen) atoms. The van der Waals surface area contributed by atoms with Gasteiger partial charge in [-0.1, -0.05) is 6.42 Å². The van der Waals surface area contributed by atoms with Crippen LogP contribution >= 0.6 is 0 Å². The van der Waals surface area contributed by atoms with Crippen LogP contribution in [0.2, 0.25) is 0 Å². The summed E-state index contributed by atoms with van der Waals surface area (Å²) in [5.41, 5.74) is 10.3. The van der Waals surface area contributed by atoms with Crippen molar-refractivity contribution in [2.45, 2.75) is 25.3 Å². The summed E-state index contributed by atoms with van der Waals surface area (Å²) < 4.78 is 0. The molecule has 1 atom stereocenters. The van der Waals surface area contributed by atoms with Gasteiger partial charge >= 0.3 is 29.6 Å². The molecule has 0 aliphatic rings. The molecule has 0 heterocycles. The fourth-order valence-corrected chi connectivity index (χ4v) is 0.626. The molecule has 60 valence electrons. The number of carbonyl (C=O) groups is 1. The molecule has 0 aliphatic carbocycles. The van der Waals surface area contributed by atoms with Crippen molar-refractivity contribution in [3.8, 4) is 0 Å². The molecule has 0 rings (SSSR count). The van der Waals surface area contributed by atoms with Crippen molar-refractivity contribution in [2.24, 2.45) is 11.5 Å². The molecule has 0 aromatic heterocycles. The third-order valence-corrected chi connectivity index (χ3v) is 1.27. The predicted molar refractivity (Wildman–Crippen MR) is 35.9 cm³/mol. The topological polar surface area (TPSA) is 92.2 Å². The van der Waals surface area contributed by atoms with Crippen LogP contribution in [0.5, 0.6) is 0 Å². The summed E-state index contributed by atoms with van der Waals surface area (Å²) in [6.45, 7) is 0.583. The Bertz CT molecular complexity index is 111. The van der Waals surface area contributed by atoms with Crippen molar-refractivity contribution < 1.29 is 39.5 Å². The molecular formula is C6H13N2NaO2. The zero-order chi connectivity index (χ0) is 7.98. The van der Waals surface area contributed by atoms with Crippen LogP contribution in [0, 0.1) is 0 Å². The van der Waals surface area contributed by atoms with Crippen LogP contribution in [0.15, 0.2) is 0 Å². The van der Waals surface area contributed by atoms with Crippen molar-refractivity contribution in [1.29, 1.82) is 0 Å². The normalized spacial score (nSPS) is 11.8. The van der Waals surface area contributed by atoms with Gasteiger partial charge < -0.3 is 21.4 Å². The van der Waals surface area contributed by atoms with Crippen LogP contribution in [0.25, 0.3) is 0 Å². The van der Waals surface area contributed by atoms with Crippen LogP contribution in [0.1, 0.15) is 19.3 Å². The SMILES string of the molecule is NCCCCC(N)C(=O)[O-].[Na+]. The molecule has 0 radical (unpaired) electrons. The Morgan fingerprint density at radius 1 is 1.45 bits per heavy atom. The van der Waals surface area contributed by atoms with Crippen molar-refractivity contribution in [2.75, 3.05) is 6.54 Å². The summed E-state index contributed by atoms with van der Waals surface area (Å²) >= 11 is 0. The maximum absolute atomic E-state index is 10.0. The number of hydrogen-bond donors (Lipinski definition) is 2. The monoisotopic (exact) mass is 168 g/mol. The van der Waals surface area contributed by atoms with Gasteiger partial charge in [0, 0.05) is 6.04 Å². The second-order valence-electron chi connectivity index (χ2n) is 2.21. The minimum Gasteiger partial charge on any atom is -0.548 e. The molecule has 0 bridgehead atoms. The molecule has 5 heteroatoms. The number of aliphatic carboxylic acids is 1. The molecule has 4 N–H and O–H groups in total. The van der Waals surface area contributed by atoms with Gasteiger partial charge in [-0.15, -0.1) is 0 Å². The molecule has 0 saturated heterocycles. The first-order valence-electron chi connectivity index (χ1n) is 3.35. The van der Waals surface area contributed by atoms with E-state index in [1.54, 1.807) is 0 Å². The zero-order valence-electron chi connectivity index (χ0n) is 6.88. The summed E-state index contributed by atoms with van der Waals surface area (Å²) in [6, 6.07) is -0.827. The van der Waals surface area contributed by atoms with Crippen molar-refractivity contribution in [3.05, 3.63) is 0 Å². The maximum Gasteiger partial charge on any atom is 1.00 e. The number of carboxylic acid groups (broad SMARTS) is 1. The first-order chi connectivity index (χ1) is 4.68. The zero-order valence-corrected chi connectivity index (χ0v) is 8.88. The standard InChI is InChI=1S/C6H14N2O2.Na/c7-4-2-1-3-5(8)6(9)10;/h5H,1-4,7-8H2,(H,9,10);/q;+1/p-1. The van der Waals surface area contributed by atoms with E-state index in [4.69, 9.17) is 11.5 Å². The maximum atomic E-state index is 10.0. The van der Waals surface area contributed by atoms with Gasteiger partial charge in [0.2, 0.25) is 0 Å². The van der Waals surface area contributed by atoms with Crippen molar-refractivity contribution in [1.82, 2.24) is 0 Å². The Hall–Kier alpha value is 0.390. The van der Waals surface area contributed by atoms with Gasteiger partial charge in [-0.05, 0) is 19.4 Å². The van der Waals surface area contributed by atoms with Crippen LogP contribution in [-0.2, 0) is 4.79 Å². The molecule has 0 aromatic rings. The second-order valence-corrected chi connectivity index (χ2v) is 2.21. The third-order valence-electron chi connectivity index (χ3n) is 1.27. The molecule has 0 aliphatic heterocycles. The van der Waals surface area contributed by atoms with Crippen molar-refractivity contribution in [3.63, 3.8) is 0 Å². The fourth-order valence-electron chi connectivity index (χ4n) is 0.626. The van der Waals surface area contributed by atoms with E-state index in [9.17, 15) is 9.90 Å². The number of carboxylic acids is 1. The van der Waals surface area contributed by atoms with Gasteiger partial charge in [-0.3, -0.25) is 0 Å². The van der Waals surface area contributed by atoms with E-state index in [1.165, 1.54) is 0 Å². The summed E-state index contributed by atoms with van der Waals surface area (Å²) in [4.78, 5) is 10.0. The van der Waals surface area contributed by atoms with Gasteiger partial charge in [-0.2, -0.15) is 0 Å². The first-order valence-corrected chi connectivity index (χ1v) is 3.35. The number of carbonyl (C=O) groups excluding carboxylic acids is 1. The minimum absolute atomic E-state index is 0. The van der Waals surface area contributed by atoms with Crippen LogP contribution in [-0.4, -0.2) is 18.6 Å². The van der Waals surface area contributed by atoms with Crippen LogP contribution in [0.3, 0.4) is 0 Å². The molecule has 1 unspecified atom stereocenters. The fraction of sp³-hybridized carbons (Fsp3) is 0.833. The Balaban J connectivity index is 0. The van der Waals surface area contributed by atoms with E-state index in [0.717, 1.165) is 12.8 Å². The van der Waals surface area contributed by atoms with Gasteiger partial charge in [0.1, 0.15) is 0 Å². The summed E-state index contributed by atoms with van der Waals surface area (Å²) in [7, 11) is 0. The number of hydrogen-bond acceptors (Lipinski definition) is 4. The van der Waals surface area contributed by atoms with Crippen LogP contribution in [0.4, 0.5) is 0 Å². The second kappa shape index (κ2) is 8.49. The van der Waals surface area contributed by atoms with E-state index < -0.39 is 12.0 Å². The Labute approximate surface area is 88.6 Å². The average molecular weight is 168 g/mol. The van der Waals surface area contributed by atoms with E-state index in [-0.39, 0.29) is 29.6 Å². The van der Waals surface area contributed by atoms with Crippen molar-refractivity contribution >= 4 is 5.97 Å². The van der Waals surface area contributed by atoms with Gasteiger partial charge in [0.15, 0.2) is 0 Å². The molecule has 0 spiro atoms. The van der Waals surface area contributed by atoms with E-state index in [0.29, 0.717) is 13.0 Å². The minimum atomic E-state index is -1.18. The number of rotatable bonds is 5. The third kappa shape index (κ3) is 8.29. The van der Waals surface area contributed by atoms with Gasteiger partial charge in [0.05, 0.1) is 5.97 Å². The molecule has 0 aromatic carbocycles. The quantitative estimate of drug-likeness (QED) is 0.318. The predicted octanol–water partition coefficient (Wildman–Crippen LogP) is -4.80. The van der Waals surface area contributed by atoms with E-state index in [1.807, 2.05) is 0 Å². The molecule has 0 amide bonds. The van der Waals surface area contributed by atoms with Gasteiger partial charge in [-0.25, -0.2) is 0 Å². The summed E-state index contributed by atoms with van der Waals surface area (Å²) in [5.74, 6) is -1.18. The first kappa shape index (κ1) is 13.9. The Morgan fingerprint density at radius 3 is 2.36 bits per heavy atom. The Morgan fingerprint density at radius 2 is 2.00 bits per heavy atom. The smallest absolute Gasteiger partial charge is 0.548 e. The summed E-state index contributed by atoms with van der Waals surface area (Å²) in [5, 5.41) is 10.0. The molecule has 0 fully saturated rings. The molecule has 0 saturated carbocycles. The van der Waals surface area contributed by atoms with E-state index in [2.05, 4.69) is 0 Å². The number of unbranched alkanes of at least 4 members (excludes halogenated alkanes) is 1. The number of nitrogens with two attached hydrogens (primary N) is 2. The van der Waals surface area contributed by atoms with Gasteiger partial charge in [0.25, 0.3) is 0 Å². The average Bonchev–Trinajstić information content (AvgIpc) is 1.88. The van der Waals surface area contributed by atoms with Crippen LogP contribution < -0.4 is 46.1 Å². The van der Waals surface area contributed by atoms with E-state index >= 15 is 0 Å². The summed E-state index contributed by atoms with van der Waals surface area (Å²) in [6.07, 6.45) is 2.03. The Kier molecular flexibility index (Phi) is 10.8. The molecular weight excluding hydrogens is 155 g/mol. The molecule has 4 nitrogen and oxygen atoms in total. The largest absolute Gasteiger partial charge is 1.00 e.